The molecule has 2 rings (SSSR count). The summed E-state index contributed by atoms with van der Waals surface area (Å²) in [5.41, 5.74) is 4.58. The van der Waals surface area contributed by atoms with Crippen LogP contribution in [0.15, 0.2) is 52.0 Å². The van der Waals surface area contributed by atoms with Gasteiger partial charge in [0.2, 0.25) is 0 Å². The van der Waals surface area contributed by atoms with E-state index in [1.165, 1.54) is 18.3 Å². The van der Waals surface area contributed by atoms with Gasteiger partial charge in [-0.1, -0.05) is 22.0 Å². The van der Waals surface area contributed by atoms with Crippen molar-refractivity contribution in [3.05, 3.63) is 73.7 Å². The standard InChI is InChI=1S/C15H12BrN3O3/c1-10-2-5-12(8-14(10)16)15(20)18-17-9-11-3-6-13(7-4-11)19(21)22/h2-9H,1H3,(H,18,20). The Labute approximate surface area is 135 Å². The van der Waals surface area contributed by atoms with Gasteiger partial charge in [0, 0.05) is 22.2 Å². The minimum absolute atomic E-state index is 0.00527. The molecule has 0 aliphatic carbocycles. The zero-order chi connectivity index (χ0) is 16.1. The van der Waals surface area contributed by atoms with Crippen molar-refractivity contribution >= 4 is 33.7 Å². The summed E-state index contributed by atoms with van der Waals surface area (Å²) >= 11 is 3.36. The molecule has 0 atom stereocenters. The van der Waals surface area contributed by atoms with Crippen molar-refractivity contribution in [3.8, 4) is 0 Å². The number of carbonyl (C=O) groups is 1. The number of amides is 1. The van der Waals surface area contributed by atoms with E-state index < -0.39 is 4.92 Å². The van der Waals surface area contributed by atoms with Crippen LogP contribution >= 0.6 is 15.9 Å². The molecule has 0 aliphatic heterocycles. The second-order valence-corrected chi connectivity index (χ2v) is 5.37. The number of hydrazone groups is 1. The summed E-state index contributed by atoms with van der Waals surface area (Å²) in [7, 11) is 0. The van der Waals surface area contributed by atoms with Crippen molar-refractivity contribution < 1.29 is 9.72 Å². The monoisotopic (exact) mass is 361 g/mol. The highest BCUT2D eigenvalue weighted by atomic mass is 79.9. The molecule has 112 valence electrons. The van der Waals surface area contributed by atoms with E-state index in [9.17, 15) is 14.9 Å². The fourth-order valence-electron chi connectivity index (χ4n) is 1.65. The first-order valence-electron chi connectivity index (χ1n) is 6.31. The Morgan fingerprint density at radius 1 is 1.27 bits per heavy atom. The van der Waals surface area contributed by atoms with Crippen molar-refractivity contribution in [2.24, 2.45) is 5.10 Å². The molecule has 0 saturated heterocycles. The molecule has 7 heteroatoms. The molecule has 1 N–H and O–H groups in total. The topological polar surface area (TPSA) is 84.6 Å². The summed E-state index contributed by atoms with van der Waals surface area (Å²) in [6, 6.07) is 11.1. The van der Waals surface area contributed by atoms with Crippen LogP contribution in [0.4, 0.5) is 5.69 Å². The Hall–Kier alpha value is -2.54. The van der Waals surface area contributed by atoms with Gasteiger partial charge in [0.05, 0.1) is 11.1 Å². The van der Waals surface area contributed by atoms with Crippen LogP contribution in [-0.4, -0.2) is 17.0 Å². The van der Waals surface area contributed by atoms with E-state index in [1.54, 1.807) is 24.3 Å². The zero-order valence-electron chi connectivity index (χ0n) is 11.6. The van der Waals surface area contributed by atoms with E-state index in [-0.39, 0.29) is 11.6 Å². The van der Waals surface area contributed by atoms with E-state index in [0.29, 0.717) is 11.1 Å². The maximum absolute atomic E-state index is 11.9. The van der Waals surface area contributed by atoms with Crippen molar-refractivity contribution in [1.82, 2.24) is 5.43 Å². The van der Waals surface area contributed by atoms with Gasteiger partial charge in [0.25, 0.3) is 11.6 Å². The van der Waals surface area contributed by atoms with Gasteiger partial charge in [0.15, 0.2) is 0 Å². The molecule has 0 radical (unpaired) electrons. The van der Waals surface area contributed by atoms with E-state index in [1.807, 2.05) is 13.0 Å². The summed E-state index contributed by atoms with van der Waals surface area (Å²) in [4.78, 5) is 22.0. The number of nitrogens with one attached hydrogen (secondary N) is 1. The lowest BCUT2D eigenvalue weighted by Gasteiger charge is -2.02. The van der Waals surface area contributed by atoms with Gasteiger partial charge in [-0.25, -0.2) is 5.43 Å². The molecule has 0 aliphatic rings. The van der Waals surface area contributed by atoms with Crippen LogP contribution in [0, 0.1) is 17.0 Å². The smallest absolute Gasteiger partial charge is 0.267 e. The van der Waals surface area contributed by atoms with Gasteiger partial charge in [0.1, 0.15) is 0 Å². The third-order valence-electron chi connectivity index (χ3n) is 2.92. The number of rotatable bonds is 4. The van der Waals surface area contributed by atoms with Crippen LogP contribution in [0.5, 0.6) is 0 Å². The van der Waals surface area contributed by atoms with Crippen LogP contribution in [0.3, 0.4) is 0 Å². The molecule has 0 unspecified atom stereocenters. The Balaban J connectivity index is 2.00. The van der Waals surface area contributed by atoms with Crippen LogP contribution in [-0.2, 0) is 0 Å². The first-order valence-corrected chi connectivity index (χ1v) is 7.10. The third-order valence-corrected chi connectivity index (χ3v) is 3.77. The molecule has 0 heterocycles. The second-order valence-electron chi connectivity index (χ2n) is 4.51. The van der Waals surface area contributed by atoms with E-state index in [0.717, 1.165) is 10.0 Å². The molecule has 0 aromatic heterocycles. The summed E-state index contributed by atoms with van der Waals surface area (Å²) in [6.07, 6.45) is 1.42. The summed E-state index contributed by atoms with van der Waals surface area (Å²) in [5.74, 6) is -0.334. The normalized spacial score (nSPS) is 10.6. The fraction of sp³-hybridized carbons (Fsp3) is 0.0667. The molecule has 0 bridgehead atoms. The Bertz CT molecular complexity index is 742. The van der Waals surface area contributed by atoms with Crippen molar-refractivity contribution in [3.63, 3.8) is 0 Å². The highest BCUT2D eigenvalue weighted by molar-refractivity contribution is 9.10. The number of hydrogen-bond donors (Lipinski definition) is 1. The molecule has 2 aromatic carbocycles. The molecule has 2 aromatic rings. The second kappa shape index (κ2) is 6.95. The van der Waals surface area contributed by atoms with Crippen LogP contribution < -0.4 is 5.43 Å². The van der Waals surface area contributed by atoms with Crippen LogP contribution in [0.25, 0.3) is 0 Å². The van der Waals surface area contributed by atoms with Crippen molar-refractivity contribution in [2.75, 3.05) is 0 Å². The lowest BCUT2D eigenvalue weighted by atomic mass is 10.1. The first kappa shape index (κ1) is 15.8. The number of non-ortho nitro benzene ring substituents is 1. The van der Waals surface area contributed by atoms with Crippen LogP contribution in [0.2, 0.25) is 0 Å². The van der Waals surface area contributed by atoms with E-state index >= 15 is 0 Å². The van der Waals surface area contributed by atoms with Crippen LogP contribution in [0.1, 0.15) is 21.5 Å². The number of nitrogens with zero attached hydrogens (tertiary/aromatic N) is 2. The average Bonchev–Trinajstić information content (AvgIpc) is 2.50. The Morgan fingerprint density at radius 3 is 2.55 bits per heavy atom. The maximum atomic E-state index is 11.9. The number of hydrogen-bond acceptors (Lipinski definition) is 4. The summed E-state index contributed by atoms with van der Waals surface area (Å²) < 4.78 is 0.847. The molecule has 0 spiro atoms. The molecule has 0 fully saturated rings. The summed E-state index contributed by atoms with van der Waals surface area (Å²) in [5, 5.41) is 14.4. The van der Waals surface area contributed by atoms with Gasteiger partial charge in [-0.2, -0.15) is 5.10 Å². The number of aryl methyl sites for hydroxylation is 1. The first-order chi connectivity index (χ1) is 10.5. The van der Waals surface area contributed by atoms with Gasteiger partial charge < -0.3 is 0 Å². The Morgan fingerprint density at radius 2 is 1.95 bits per heavy atom. The number of benzene rings is 2. The largest absolute Gasteiger partial charge is 0.271 e. The molecule has 22 heavy (non-hydrogen) atoms. The van der Waals surface area contributed by atoms with Gasteiger partial charge >= 0.3 is 0 Å². The predicted molar refractivity (Wildman–Crippen MR) is 87.0 cm³/mol. The number of nitro benzene ring substituents is 1. The van der Waals surface area contributed by atoms with Gasteiger partial charge in [-0.3, -0.25) is 14.9 Å². The zero-order valence-corrected chi connectivity index (χ0v) is 13.2. The lowest BCUT2D eigenvalue weighted by molar-refractivity contribution is -0.384. The minimum atomic E-state index is -0.474. The predicted octanol–water partition coefficient (Wildman–Crippen LogP) is 3.43. The van der Waals surface area contributed by atoms with E-state index in [2.05, 4.69) is 26.5 Å². The number of nitro groups is 1. The molecule has 1 amide bonds. The molecule has 6 nitrogen and oxygen atoms in total. The molecular formula is C15H12BrN3O3. The third kappa shape index (κ3) is 3.98. The highest BCUT2D eigenvalue weighted by Crippen LogP contribution is 2.17. The lowest BCUT2D eigenvalue weighted by Crippen LogP contribution is -2.17. The molecule has 0 saturated carbocycles. The SMILES string of the molecule is Cc1ccc(C(=O)NN=Cc2ccc([N+](=O)[O-])cc2)cc1Br. The maximum Gasteiger partial charge on any atom is 0.271 e. The number of carbonyl (C=O) groups excluding carboxylic acids is 1. The molecular weight excluding hydrogens is 350 g/mol. The van der Waals surface area contributed by atoms with Crippen molar-refractivity contribution in [2.45, 2.75) is 6.92 Å². The van der Waals surface area contributed by atoms with Gasteiger partial charge in [-0.05, 0) is 42.3 Å². The highest BCUT2D eigenvalue weighted by Gasteiger charge is 2.06. The average molecular weight is 362 g/mol. The fourth-order valence-corrected chi connectivity index (χ4v) is 2.02. The van der Waals surface area contributed by atoms with E-state index in [4.69, 9.17) is 0 Å². The van der Waals surface area contributed by atoms with Crippen molar-refractivity contribution in [1.29, 1.82) is 0 Å². The number of halogens is 1. The summed E-state index contributed by atoms with van der Waals surface area (Å²) in [6.45, 7) is 1.93. The van der Waals surface area contributed by atoms with Gasteiger partial charge in [-0.15, -0.1) is 0 Å². The quantitative estimate of drug-likeness (QED) is 0.514. The Kier molecular flexibility index (Phi) is 5.00. The minimum Gasteiger partial charge on any atom is -0.267 e.